The summed E-state index contributed by atoms with van der Waals surface area (Å²) in [6.07, 6.45) is 7.15. The molecular weight excluding hydrogens is 256 g/mol. The van der Waals surface area contributed by atoms with Crippen molar-refractivity contribution in [3.05, 3.63) is 0 Å². The highest BCUT2D eigenvalue weighted by atomic mass is 32.2. The van der Waals surface area contributed by atoms with Crippen molar-refractivity contribution in [2.75, 3.05) is 31.9 Å². The lowest BCUT2D eigenvalue weighted by molar-refractivity contribution is -0.131. The summed E-state index contributed by atoms with van der Waals surface area (Å²) in [7, 11) is 0. The van der Waals surface area contributed by atoms with Gasteiger partial charge in [0, 0.05) is 13.1 Å². The van der Waals surface area contributed by atoms with Crippen LogP contribution in [0, 0.1) is 5.92 Å². The third-order valence-electron chi connectivity index (χ3n) is 4.20. The summed E-state index contributed by atoms with van der Waals surface area (Å²) in [6, 6.07) is 0. The number of thioether (sulfide) groups is 1. The molecule has 2 aliphatic rings. The maximum Gasteiger partial charge on any atom is 0.235 e. The Morgan fingerprint density at radius 1 is 1.26 bits per heavy atom. The van der Waals surface area contributed by atoms with Crippen molar-refractivity contribution in [2.24, 2.45) is 5.92 Å². The first-order chi connectivity index (χ1) is 9.31. The largest absolute Gasteiger partial charge is 0.341 e. The molecule has 1 unspecified atom stereocenters. The van der Waals surface area contributed by atoms with E-state index in [0.717, 1.165) is 39.0 Å². The highest BCUT2D eigenvalue weighted by Crippen LogP contribution is 2.27. The van der Waals surface area contributed by atoms with Gasteiger partial charge in [0.1, 0.15) is 0 Å². The van der Waals surface area contributed by atoms with Gasteiger partial charge in [0.2, 0.25) is 5.91 Å². The van der Waals surface area contributed by atoms with Gasteiger partial charge in [-0.25, -0.2) is 0 Å². The van der Waals surface area contributed by atoms with Gasteiger partial charge in [-0.05, 0) is 56.9 Å². The van der Waals surface area contributed by atoms with Crippen LogP contribution in [0.15, 0.2) is 0 Å². The van der Waals surface area contributed by atoms with E-state index in [9.17, 15) is 4.79 Å². The Morgan fingerprint density at radius 2 is 2.05 bits per heavy atom. The molecular formula is C15H28N2OS. The second-order valence-electron chi connectivity index (χ2n) is 5.83. The predicted octanol–water partition coefficient (Wildman–Crippen LogP) is 2.51. The van der Waals surface area contributed by atoms with E-state index in [1.54, 1.807) is 0 Å². The summed E-state index contributed by atoms with van der Waals surface area (Å²) >= 11 is 1.88. The van der Waals surface area contributed by atoms with Crippen LogP contribution in [-0.4, -0.2) is 48.0 Å². The van der Waals surface area contributed by atoms with E-state index in [1.807, 2.05) is 11.8 Å². The van der Waals surface area contributed by atoms with Crippen LogP contribution in [0.4, 0.5) is 0 Å². The van der Waals surface area contributed by atoms with Gasteiger partial charge < -0.3 is 10.2 Å². The first kappa shape index (κ1) is 15.2. The van der Waals surface area contributed by atoms with Crippen LogP contribution in [0.25, 0.3) is 0 Å². The van der Waals surface area contributed by atoms with Gasteiger partial charge in [-0.2, -0.15) is 0 Å². The number of hydrogen-bond acceptors (Lipinski definition) is 3. The quantitative estimate of drug-likeness (QED) is 0.842. The summed E-state index contributed by atoms with van der Waals surface area (Å²) < 4.78 is 0. The second-order valence-corrected chi connectivity index (χ2v) is 7.14. The molecule has 0 spiro atoms. The zero-order valence-corrected chi connectivity index (χ0v) is 13.0. The highest BCUT2D eigenvalue weighted by Gasteiger charge is 2.28. The molecule has 0 saturated carbocycles. The van der Waals surface area contributed by atoms with Crippen LogP contribution in [0.2, 0.25) is 0 Å². The number of carbonyl (C=O) groups is 1. The number of rotatable bonds is 5. The van der Waals surface area contributed by atoms with Crippen LogP contribution in [0.5, 0.6) is 0 Å². The molecule has 2 aliphatic heterocycles. The van der Waals surface area contributed by atoms with E-state index in [4.69, 9.17) is 0 Å². The number of piperidine rings is 1. The average molecular weight is 284 g/mol. The minimum Gasteiger partial charge on any atom is -0.341 e. The van der Waals surface area contributed by atoms with Gasteiger partial charge in [-0.1, -0.05) is 13.3 Å². The van der Waals surface area contributed by atoms with E-state index < -0.39 is 0 Å². The van der Waals surface area contributed by atoms with E-state index in [1.165, 1.54) is 31.4 Å². The lowest BCUT2D eigenvalue weighted by atomic mass is 9.97. The van der Waals surface area contributed by atoms with Crippen molar-refractivity contribution in [3.63, 3.8) is 0 Å². The first-order valence-electron chi connectivity index (χ1n) is 7.92. The van der Waals surface area contributed by atoms with Crippen LogP contribution in [0.1, 0.15) is 45.4 Å². The summed E-state index contributed by atoms with van der Waals surface area (Å²) in [4.78, 5) is 14.8. The van der Waals surface area contributed by atoms with Crippen molar-refractivity contribution >= 4 is 17.7 Å². The summed E-state index contributed by atoms with van der Waals surface area (Å²) in [5.74, 6) is 2.31. The fourth-order valence-corrected chi connectivity index (χ4v) is 4.36. The Kier molecular flexibility index (Phi) is 6.51. The number of nitrogens with zero attached hydrogens (tertiary/aromatic N) is 1. The van der Waals surface area contributed by atoms with Crippen molar-refractivity contribution in [2.45, 2.75) is 50.7 Å². The van der Waals surface area contributed by atoms with Crippen molar-refractivity contribution in [1.82, 2.24) is 10.2 Å². The molecule has 0 bridgehead atoms. The number of carbonyl (C=O) groups excluding carboxylic acids is 1. The summed E-state index contributed by atoms with van der Waals surface area (Å²) in [5.41, 5.74) is 0. The standard InChI is InChI=1S/C15H28N2OS/c1-2-10-17(12-13-6-8-16-9-7-13)15(18)14-5-3-4-11-19-14/h13-14,16H,2-12H2,1H3. The van der Waals surface area contributed by atoms with Crippen LogP contribution < -0.4 is 5.32 Å². The fourth-order valence-electron chi connectivity index (χ4n) is 3.08. The molecule has 1 amide bonds. The maximum atomic E-state index is 12.7. The predicted molar refractivity (Wildman–Crippen MR) is 82.6 cm³/mol. The van der Waals surface area contributed by atoms with E-state index in [2.05, 4.69) is 17.1 Å². The molecule has 2 fully saturated rings. The minimum absolute atomic E-state index is 0.252. The monoisotopic (exact) mass is 284 g/mol. The molecule has 19 heavy (non-hydrogen) atoms. The summed E-state index contributed by atoms with van der Waals surface area (Å²) in [5, 5.41) is 3.66. The second kappa shape index (κ2) is 8.15. The van der Waals surface area contributed by atoms with Crippen molar-refractivity contribution < 1.29 is 4.79 Å². The molecule has 0 aliphatic carbocycles. The van der Waals surface area contributed by atoms with Gasteiger partial charge in [0.15, 0.2) is 0 Å². The minimum atomic E-state index is 0.252. The molecule has 0 aromatic rings. The Balaban J connectivity index is 1.87. The first-order valence-corrected chi connectivity index (χ1v) is 8.97. The van der Waals surface area contributed by atoms with Gasteiger partial charge >= 0.3 is 0 Å². The smallest absolute Gasteiger partial charge is 0.235 e. The molecule has 0 aromatic heterocycles. The number of amides is 1. The third-order valence-corrected chi connectivity index (χ3v) is 5.56. The molecule has 0 aromatic carbocycles. The molecule has 1 atom stereocenters. The molecule has 0 radical (unpaired) electrons. The fraction of sp³-hybridized carbons (Fsp3) is 0.933. The normalized spacial score (nSPS) is 25.2. The van der Waals surface area contributed by atoms with Gasteiger partial charge in [-0.15, -0.1) is 11.8 Å². The molecule has 2 rings (SSSR count). The van der Waals surface area contributed by atoms with Crippen molar-refractivity contribution in [3.8, 4) is 0 Å². The molecule has 4 heteroatoms. The van der Waals surface area contributed by atoms with E-state index in [0.29, 0.717) is 11.8 Å². The molecule has 1 N–H and O–H groups in total. The third kappa shape index (κ3) is 4.67. The Bertz CT molecular complexity index is 273. The lowest BCUT2D eigenvalue weighted by Gasteiger charge is -2.33. The van der Waals surface area contributed by atoms with Crippen LogP contribution >= 0.6 is 11.8 Å². The zero-order valence-electron chi connectivity index (χ0n) is 12.2. The van der Waals surface area contributed by atoms with Crippen molar-refractivity contribution in [1.29, 1.82) is 0 Å². The van der Waals surface area contributed by atoms with Gasteiger partial charge in [0.25, 0.3) is 0 Å². The molecule has 2 heterocycles. The average Bonchev–Trinajstić information content (AvgIpc) is 2.48. The zero-order chi connectivity index (χ0) is 13.5. The molecule has 110 valence electrons. The molecule has 3 nitrogen and oxygen atoms in total. The van der Waals surface area contributed by atoms with Gasteiger partial charge in [-0.3, -0.25) is 4.79 Å². The Hall–Kier alpha value is -0.220. The van der Waals surface area contributed by atoms with E-state index in [-0.39, 0.29) is 5.25 Å². The topological polar surface area (TPSA) is 32.3 Å². The van der Waals surface area contributed by atoms with Gasteiger partial charge in [0.05, 0.1) is 5.25 Å². The van der Waals surface area contributed by atoms with E-state index >= 15 is 0 Å². The van der Waals surface area contributed by atoms with Crippen LogP contribution in [-0.2, 0) is 4.79 Å². The number of hydrogen-bond donors (Lipinski definition) is 1. The highest BCUT2D eigenvalue weighted by molar-refractivity contribution is 8.00. The molecule has 2 saturated heterocycles. The van der Waals surface area contributed by atoms with Crippen LogP contribution in [0.3, 0.4) is 0 Å². The Morgan fingerprint density at radius 3 is 2.68 bits per heavy atom. The SMILES string of the molecule is CCCN(CC1CCNCC1)C(=O)C1CCCCS1. The summed E-state index contributed by atoms with van der Waals surface area (Å²) in [6.45, 7) is 6.36. The maximum absolute atomic E-state index is 12.7. The number of nitrogens with one attached hydrogen (secondary N) is 1. The lowest BCUT2D eigenvalue weighted by Crippen LogP contribution is -2.43. The Labute approximate surface area is 121 Å².